The van der Waals surface area contributed by atoms with Crippen LogP contribution in [0.4, 0.5) is 6.01 Å². The van der Waals surface area contributed by atoms with Gasteiger partial charge in [0.1, 0.15) is 11.8 Å². The predicted molar refractivity (Wildman–Crippen MR) is 136 cm³/mol. The van der Waals surface area contributed by atoms with Crippen LogP contribution in [0.1, 0.15) is 59.2 Å². The van der Waals surface area contributed by atoms with Gasteiger partial charge in [0.15, 0.2) is 0 Å². The molecule has 2 fully saturated rings. The number of nitrogens with one attached hydrogen (secondary N) is 2. The molecule has 7 rings (SSSR count). The molecule has 194 valence electrons. The Morgan fingerprint density at radius 3 is 2.79 bits per heavy atom. The number of imide groups is 1. The summed E-state index contributed by atoms with van der Waals surface area (Å²) in [6, 6.07) is 9.21. The number of carbonyl (C=O) groups excluding carboxylic acids is 3. The van der Waals surface area contributed by atoms with Gasteiger partial charge in [0, 0.05) is 34.7 Å². The first kappa shape index (κ1) is 23.2. The van der Waals surface area contributed by atoms with E-state index in [1.807, 2.05) is 30.3 Å². The molecule has 4 aliphatic rings. The lowest BCUT2D eigenvalue weighted by molar-refractivity contribution is -0.136. The van der Waals surface area contributed by atoms with Gasteiger partial charge in [0.05, 0.1) is 12.1 Å². The van der Waals surface area contributed by atoms with Gasteiger partial charge >= 0.3 is 6.01 Å². The number of ether oxygens (including phenoxy) is 1. The fourth-order valence-corrected chi connectivity index (χ4v) is 5.85. The van der Waals surface area contributed by atoms with E-state index >= 15 is 0 Å². The topological polar surface area (TPSA) is 127 Å². The molecule has 1 aromatic heterocycles. The smallest absolute Gasteiger partial charge is 0.316 e. The summed E-state index contributed by atoms with van der Waals surface area (Å²) in [5.41, 5.74) is 3.50. The minimum Gasteiger partial charge on any atom is -0.493 e. The van der Waals surface area contributed by atoms with Crippen molar-refractivity contribution in [2.24, 2.45) is 0 Å². The van der Waals surface area contributed by atoms with Crippen molar-refractivity contribution in [1.29, 1.82) is 0 Å². The fraction of sp³-hybridized carbons (Fsp3) is 0.370. The zero-order valence-corrected chi connectivity index (χ0v) is 21.1. The van der Waals surface area contributed by atoms with E-state index in [9.17, 15) is 14.4 Å². The van der Waals surface area contributed by atoms with Crippen LogP contribution in [0, 0.1) is 0 Å². The largest absolute Gasteiger partial charge is 0.493 e. The van der Waals surface area contributed by atoms with Crippen molar-refractivity contribution >= 4 is 35.3 Å². The van der Waals surface area contributed by atoms with E-state index in [4.69, 9.17) is 20.8 Å². The molecule has 3 amide bonds. The molecule has 38 heavy (non-hydrogen) atoms. The van der Waals surface area contributed by atoms with E-state index in [1.54, 1.807) is 0 Å². The maximum Gasteiger partial charge on any atom is 0.316 e. The van der Waals surface area contributed by atoms with Crippen LogP contribution in [0.5, 0.6) is 5.75 Å². The second-order valence-electron chi connectivity index (χ2n) is 10.3. The molecule has 2 aromatic carbocycles. The van der Waals surface area contributed by atoms with Crippen LogP contribution in [0.3, 0.4) is 0 Å². The molecule has 11 heteroatoms. The molecule has 4 heterocycles. The molecule has 3 aliphatic heterocycles. The molecule has 3 aromatic rings. The lowest BCUT2D eigenvalue weighted by atomic mass is 9.99. The van der Waals surface area contributed by atoms with Gasteiger partial charge in [-0.15, -0.1) is 5.10 Å². The molecule has 1 saturated carbocycles. The Labute approximate surface area is 222 Å². The number of hydrogen-bond acceptors (Lipinski definition) is 8. The first-order chi connectivity index (χ1) is 18.4. The van der Waals surface area contributed by atoms with Crippen molar-refractivity contribution < 1.29 is 23.5 Å². The molecule has 1 saturated heterocycles. The maximum atomic E-state index is 13.3. The van der Waals surface area contributed by atoms with E-state index in [-0.39, 0.29) is 30.8 Å². The number of aryl methyl sites for hydroxylation is 1. The third-order valence-electron chi connectivity index (χ3n) is 7.84. The van der Waals surface area contributed by atoms with Crippen LogP contribution in [-0.2, 0) is 28.1 Å². The highest BCUT2D eigenvalue weighted by atomic mass is 35.5. The van der Waals surface area contributed by atoms with Crippen molar-refractivity contribution in [1.82, 2.24) is 20.4 Å². The van der Waals surface area contributed by atoms with Crippen LogP contribution in [0.25, 0.3) is 11.5 Å². The Kier molecular flexibility index (Phi) is 5.23. The number of amides is 3. The molecular formula is C27H24ClN5O5. The number of carbonyl (C=O) groups is 3. The number of nitrogens with zero attached hydrogens (tertiary/aromatic N) is 3. The number of benzene rings is 2. The Balaban J connectivity index is 1.12. The second kappa shape index (κ2) is 8.56. The molecule has 1 atom stereocenters. The lowest BCUT2D eigenvalue weighted by Crippen LogP contribution is -2.52. The highest BCUT2D eigenvalue weighted by Crippen LogP contribution is 2.50. The highest BCUT2D eigenvalue weighted by Gasteiger charge is 2.48. The van der Waals surface area contributed by atoms with Gasteiger partial charge in [-0.05, 0) is 67.5 Å². The molecular weight excluding hydrogens is 510 g/mol. The number of halogens is 1. The monoisotopic (exact) mass is 533 g/mol. The van der Waals surface area contributed by atoms with Gasteiger partial charge < -0.3 is 19.4 Å². The Morgan fingerprint density at radius 2 is 1.97 bits per heavy atom. The summed E-state index contributed by atoms with van der Waals surface area (Å²) in [5, 5.41) is 14.6. The van der Waals surface area contributed by atoms with E-state index in [2.05, 4.69) is 20.8 Å². The summed E-state index contributed by atoms with van der Waals surface area (Å²) in [5.74, 6) is 0.216. The second-order valence-corrected chi connectivity index (χ2v) is 10.7. The SMILES string of the molecule is O=C1CCC(N2Cc3c(Cl)cc(C4(Nc5nnc(-c6ccc7c(c6)OCCC7)o5)CC4)cc3C2=O)C(=O)N1. The average molecular weight is 534 g/mol. The van der Waals surface area contributed by atoms with Crippen LogP contribution in [-0.4, -0.2) is 45.5 Å². The van der Waals surface area contributed by atoms with E-state index < -0.39 is 17.5 Å². The van der Waals surface area contributed by atoms with E-state index in [0.29, 0.717) is 35.1 Å². The first-order valence-electron chi connectivity index (χ1n) is 12.8. The lowest BCUT2D eigenvalue weighted by Gasteiger charge is -2.29. The third-order valence-corrected chi connectivity index (χ3v) is 8.17. The minimum atomic E-state index is -0.689. The maximum absolute atomic E-state index is 13.3. The Morgan fingerprint density at radius 1 is 1.11 bits per heavy atom. The number of piperidine rings is 1. The zero-order valence-electron chi connectivity index (χ0n) is 20.4. The fourth-order valence-electron chi connectivity index (χ4n) is 5.57. The molecule has 0 radical (unpaired) electrons. The highest BCUT2D eigenvalue weighted by molar-refractivity contribution is 6.32. The summed E-state index contributed by atoms with van der Waals surface area (Å²) in [6.07, 6.45) is 4.11. The summed E-state index contributed by atoms with van der Waals surface area (Å²) >= 11 is 6.66. The van der Waals surface area contributed by atoms with Gasteiger partial charge in [0.2, 0.25) is 17.7 Å². The summed E-state index contributed by atoms with van der Waals surface area (Å²) < 4.78 is 11.7. The van der Waals surface area contributed by atoms with Gasteiger partial charge in [0.25, 0.3) is 5.91 Å². The van der Waals surface area contributed by atoms with Crippen LogP contribution in [0.15, 0.2) is 34.7 Å². The molecule has 1 unspecified atom stereocenters. The molecule has 2 N–H and O–H groups in total. The van der Waals surface area contributed by atoms with Crippen LogP contribution in [0.2, 0.25) is 5.02 Å². The first-order valence-corrected chi connectivity index (χ1v) is 13.1. The van der Waals surface area contributed by atoms with Gasteiger partial charge in [-0.3, -0.25) is 19.7 Å². The quantitative estimate of drug-likeness (QED) is 0.476. The van der Waals surface area contributed by atoms with Crippen molar-refractivity contribution in [3.8, 4) is 17.2 Å². The summed E-state index contributed by atoms with van der Waals surface area (Å²) in [6.45, 7) is 0.935. The predicted octanol–water partition coefficient (Wildman–Crippen LogP) is 3.58. The van der Waals surface area contributed by atoms with Crippen LogP contribution < -0.4 is 15.4 Å². The number of fused-ring (bicyclic) bond motifs is 2. The van der Waals surface area contributed by atoms with Crippen molar-refractivity contribution in [2.75, 3.05) is 11.9 Å². The van der Waals surface area contributed by atoms with Gasteiger partial charge in [-0.2, -0.15) is 0 Å². The van der Waals surface area contributed by atoms with Crippen LogP contribution >= 0.6 is 11.6 Å². The number of hydrogen-bond donors (Lipinski definition) is 2. The molecule has 1 aliphatic carbocycles. The van der Waals surface area contributed by atoms with Gasteiger partial charge in [-0.1, -0.05) is 22.8 Å². The minimum absolute atomic E-state index is 0.202. The zero-order chi connectivity index (χ0) is 26.0. The molecule has 0 bridgehead atoms. The van der Waals surface area contributed by atoms with Gasteiger partial charge in [-0.25, -0.2) is 0 Å². The number of rotatable bonds is 5. The summed E-state index contributed by atoms with van der Waals surface area (Å²) in [4.78, 5) is 38.8. The van der Waals surface area contributed by atoms with Crippen molar-refractivity contribution in [3.05, 3.63) is 57.6 Å². The molecule has 10 nitrogen and oxygen atoms in total. The van der Waals surface area contributed by atoms with E-state index in [0.717, 1.165) is 42.6 Å². The van der Waals surface area contributed by atoms with Crippen molar-refractivity contribution in [3.63, 3.8) is 0 Å². The normalized spacial score (nSPS) is 21.4. The average Bonchev–Trinajstić information content (AvgIpc) is 3.41. The Bertz CT molecular complexity index is 1510. The Hall–Kier alpha value is -3.92. The number of aromatic nitrogens is 2. The summed E-state index contributed by atoms with van der Waals surface area (Å²) in [7, 11) is 0. The van der Waals surface area contributed by atoms with Crippen molar-refractivity contribution in [2.45, 2.75) is 56.7 Å². The number of anilines is 1. The van der Waals surface area contributed by atoms with E-state index in [1.165, 1.54) is 10.5 Å². The molecule has 0 spiro atoms. The standard InChI is InChI=1S/C27H24ClN5O5/c28-19-12-16(11-17-18(19)13-33(25(17)36)20-5-6-22(34)29-23(20)35)27(7-8-27)30-26-32-31-24(38-26)15-4-3-14-2-1-9-37-21(14)10-15/h3-4,10-12,20H,1-2,5-9,13H2,(H,30,32)(H,29,34,35). The third kappa shape index (κ3) is 3.82.